The van der Waals surface area contributed by atoms with Crippen LogP contribution in [0.25, 0.3) is 0 Å². The Morgan fingerprint density at radius 2 is 2.26 bits per heavy atom. The molecule has 19 heavy (non-hydrogen) atoms. The number of nitrogens with one attached hydrogen (secondary N) is 1. The van der Waals surface area contributed by atoms with Gasteiger partial charge in [0.2, 0.25) is 0 Å². The lowest BCUT2D eigenvalue weighted by molar-refractivity contribution is -0.384. The second-order valence-corrected chi connectivity index (χ2v) is 6.07. The standard InChI is InChI=1S/C13H14N2O2S2/c1-2-14-12-6-5-11(15(16)17)8-10(12)9-19-13-4-3-7-18-13/h3-8,14H,2,9H2,1H3. The number of benzene rings is 1. The number of thiophene rings is 1. The Hall–Kier alpha value is -1.53. The van der Waals surface area contributed by atoms with Crippen molar-refractivity contribution < 1.29 is 4.92 Å². The summed E-state index contributed by atoms with van der Waals surface area (Å²) in [6, 6.07) is 9.03. The summed E-state index contributed by atoms with van der Waals surface area (Å²) in [5.41, 5.74) is 2.08. The molecule has 0 radical (unpaired) electrons. The Balaban J connectivity index is 2.19. The first-order chi connectivity index (χ1) is 9.20. The van der Waals surface area contributed by atoms with Crippen LogP contribution in [0.1, 0.15) is 12.5 Å². The molecule has 0 unspecified atom stereocenters. The smallest absolute Gasteiger partial charge is 0.269 e. The van der Waals surface area contributed by atoms with Crippen molar-refractivity contribution in [2.24, 2.45) is 0 Å². The molecule has 0 aliphatic carbocycles. The summed E-state index contributed by atoms with van der Waals surface area (Å²) in [6.45, 7) is 2.81. The number of nitro groups is 1. The molecule has 0 aliphatic heterocycles. The molecule has 0 aliphatic rings. The summed E-state index contributed by atoms with van der Waals surface area (Å²) in [5, 5.41) is 16.1. The average Bonchev–Trinajstić information content (AvgIpc) is 2.90. The molecule has 1 aromatic carbocycles. The maximum absolute atomic E-state index is 10.8. The summed E-state index contributed by atoms with van der Waals surface area (Å²) >= 11 is 3.38. The van der Waals surface area contributed by atoms with Gasteiger partial charge < -0.3 is 5.32 Å². The highest BCUT2D eigenvalue weighted by Crippen LogP contribution is 2.31. The van der Waals surface area contributed by atoms with Crippen molar-refractivity contribution in [2.75, 3.05) is 11.9 Å². The van der Waals surface area contributed by atoms with E-state index in [1.807, 2.05) is 18.4 Å². The highest BCUT2D eigenvalue weighted by Gasteiger charge is 2.11. The molecule has 0 saturated heterocycles. The first-order valence-electron chi connectivity index (χ1n) is 5.88. The molecule has 4 nitrogen and oxygen atoms in total. The van der Waals surface area contributed by atoms with Gasteiger partial charge in [-0.1, -0.05) is 6.07 Å². The molecular formula is C13H14N2O2S2. The molecule has 0 amide bonds. The third-order valence-corrected chi connectivity index (χ3v) is 4.71. The van der Waals surface area contributed by atoms with Crippen LogP contribution < -0.4 is 5.32 Å². The van der Waals surface area contributed by atoms with Crippen molar-refractivity contribution in [3.63, 3.8) is 0 Å². The van der Waals surface area contributed by atoms with Crippen LogP contribution >= 0.6 is 23.1 Å². The summed E-state index contributed by atoms with van der Waals surface area (Å²) in [5.74, 6) is 0.727. The minimum atomic E-state index is -0.352. The summed E-state index contributed by atoms with van der Waals surface area (Å²) < 4.78 is 1.22. The number of hydrogen-bond acceptors (Lipinski definition) is 5. The van der Waals surface area contributed by atoms with Gasteiger partial charge in [-0.15, -0.1) is 23.1 Å². The van der Waals surface area contributed by atoms with Crippen molar-refractivity contribution >= 4 is 34.5 Å². The third-order valence-electron chi connectivity index (χ3n) is 2.53. The number of thioether (sulfide) groups is 1. The van der Waals surface area contributed by atoms with Crippen molar-refractivity contribution in [3.8, 4) is 0 Å². The Kier molecular flexibility index (Phi) is 4.81. The fourth-order valence-electron chi connectivity index (χ4n) is 1.67. The van der Waals surface area contributed by atoms with Gasteiger partial charge in [0.15, 0.2) is 0 Å². The van der Waals surface area contributed by atoms with Gasteiger partial charge in [-0.05, 0) is 30.0 Å². The van der Waals surface area contributed by atoms with Gasteiger partial charge in [-0.2, -0.15) is 0 Å². The van der Waals surface area contributed by atoms with Crippen LogP contribution in [0.5, 0.6) is 0 Å². The number of hydrogen-bond donors (Lipinski definition) is 1. The van der Waals surface area contributed by atoms with Crippen LogP contribution in [0.2, 0.25) is 0 Å². The molecule has 1 heterocycles. The largest absolute Gasteiger partial charge is 0.385 e. The predicted octanol–water partition coefficient (Wildman–Crippen LogP) is 4.38. The van der Waals surface area contributed by atoms with E-state index in [2.05, 4.69) is 11.4 Å². The molecule has 0 bridgehead atoms. The Morgan fingerprint density at radius 3 is 2.89 bits per heavy atom. The predicted molar refractivity (Wildman–Crippen MR) is 81.1 cm³/mol. The Bertz CT molecular complexity index is 556. The van der Waals surface area contributed by atoms with Crippen LogP contribution in [0.15, 0.2) is 39.9 Å². The SMILES string of the molecule is CCNc1ccc([N+](=O)[O-])cc1CSc1cccs1. The van der Waals surface area contributed by atoms with Crippen molar-refractivity contribution in [3.05, 3.63) is 51.4 Å². The number of anilines is 1. The second-order valence-electron chi connectivity index (χ2n) is 3.85. The minimum Gasteiger partial charge on any atom is -0.385 e. The molecule has 1 aromatic heterocycles. The number of nitrogens with zero attached hydrogens (tertiary/aromatic N) is 1. The minimum absolute atomic E-state index is 0.142. The third kappa shape index (κ3) is 3.71. The van der Waals surface area contributed by atoms with Gasteiger partial charge in [0.1, 0.15) is 0 Å². The molecule has 6 heteroatoms. The first-order valence-corrected chi connectivity index (χ1v) is 7.74. The van der Waals surface area contributed by atoms with Crippen molar-refractivity contribution in [1.82, 2.24) is 0 Å². The van der Waals surface area contributed by atoms with E-state index in [1.165, 1.54) is 10.3 Å². The van der Waals surface area contributed by atoms with Gasteiger partial charge in [-0.25, -0.2) is 0 Å². The van der Waals surface area contributed by atoms with E-state index in [0.29, 0.717) is 0 Å². The maximum atomic E-state index is 10.8. The quantitative estimate of drug-likeness (QED) is 0.488. The van der Waals surface area contributed by atoms with Gasteiger partial charge in [-0.3, -0.25) is 10.1 Å². The fraction of sp³-hybridized carbons (Fsp3) is 0.231. The van der Waals surface area contributed by atoms with Gasteiger partial charge >= 0.3 is 0 Å². The van der Waals surface area contributed by atoms with E-state index in [1.54, 1.807) is 35.2 Å². The maximum Gasteiger partial charge on any atom is 0.269 e. The normalized spacial score (nSPS) is 10.4. The molecule has 0 spiro atoms. The number of nitro benzene ring substituents is 1. The highest BCUT2D eigenvalue weighted by atomic mass is 32.2. The average molecular weight is 294 g/mol. The molecule has 0 atom stereocenters. The molecule has 1 N–H and O–H groups in total. The molecule has 100 valence electrons. The Morgan fingerprint density at radius 1 is 1.42 bits per heavy atom. The lowest BCUT2D eigenvalue weighted by atomic mass is 10.2. The zero-order valence-corrected chi connectivity index (χ0v) is 12.1. The van der Waals surface area contributed by atoms with Gasteiger partial charge in [0.05, 0.1) is 9.13 Å². The summed E-state index contributed by atoms with van der Waals surface area (Å²) in [7, 11) is 0. The van der Waals surface area contributed by atoms with E-state index < -0.39 is 0 Å². The summed E-state index contributed by atoms with van der Waals surface area (Å²) in [6.07, 6.45) is 0. The van der Waals surface area contributed by atoms with Gasteiger partial charge in [0.25, 0.3) is 5.69 Å². The molecule has 2 aromatic rings. The van der Waals surface area contributed by atoms with E-state index >= 15 is 0 Å². The van der Waals surface area contributed by atoms with Crippen LogP contribution in [0.4, 0.5) is 11.4 Å². The summed E-state index contributed by atoms with van der Waals surface area (Å²) in [4.78, 5) is 10.5. The van der Waals surface area contributed by atoms with Crippen molar-refractivity contribution in [1.29, 1.82) is 0 Å². The van der Waals surface area contributed by atoms with Gasteiger partial charge in [0, 0.05) is 30.1 Å². The van der Waals surface area contributed by atoms with E-state index in [-0.39, 0.29) is 10.6 Å². The molecule has 0 fully saturated rings. The molecule has 2 rings (SSSR count). The molecule has 0 saturated carbocycles. The van der Waals surface area contributed by atoms with E-state index in [4.69, 9.17) is 0 Å². The lowest BCUT2D eigenvalue weighted by Gasteiger charge is -2.09. The van der Waals surface area contributed by atoms with Crippen LogP contribution in [-0.4, -0.2) is 11.5 Å². The van der Waals surface area contributed by atoms with Crippen LogP contribution in [-0.2, 0) is 5.75 Å². The zero-order valence-electron chi connectivity index (χ0n) is 10.5. The van der Waals surface area contributed by atoms with E-state index in [0.717, 1.165) is 23.5 Å². The lowest BCUT2D eigenvalue weighted by Crippen LogP contribution is -2.01. The monoisotopic (exact) mass is 294 g/mol. The zero-order chi connectivity index (χ0) is 13.7. The topological polar surface area (TPSA) is 55.2 Å². The highest BCUT2D eigenvalue weighted by molar-refractivity contribution is 8.00. The van der Waals surface area contributed by atoms with Crippen LogP contribution in [0.3, 0.4) is 0 Å². The van der Waals surface area contributed by atoms with Crippen LogP contribution in [0, 0.1) is 10.1 Å². The second kappa shape index (κ2) is 6.58. The molecular weight excluding hydrogens is 280 g/mol. The first kappa shape index (κ1) is 13.9. The van der Waals surface area contributed by atoms with E-state index in [9.17, 15) is 10.1 Å². The number of non-ortho nitro benzene ring substituents is 1. The Labute approximate surface area is 120 Å². The van der Waals surface area contributed by atoms with Crippen molar-refractivity contribution in [2.45, 2.75) is 16.9 Å². The number of rotatable bonds is 6. The fourth-order valence-corrected chi connectivity index (χ4v) is 3.45.